The minimum atomic E-state index is -3.34. The van der Waals surface area contributed by atoms with Crippen LogP contribution in [0.4, 0.5) is 11.6 Å². The number of aryl methyl sites for hydroxylation is 3. The summed E-state index contributed by atoms with van der Waals surface area (Å²) in [7, 11) is -3.34. The van der Waals surface area contributed by atoms with Crippen molar-refractivity contribution < 1.29 is 8.42 Å². The zero-order chi connectivity index (χ0) is 21.5. The van der Waals surface area contributed by atoms with E-state index in [-0.39, 0.29) is 4.90 Å². The topological polar surface area (TPSA) is 97.1 Å². The van der Waals surface area contributed by atoms with Gasteiger partial charge in [0.25, 0.3) is 0 Å². The van der Waals surface area contributed by atoms with Crippen LogP contribution in [0.25, 0.3) is 5.82 Å². The SMILES string of the molecule is Cc1cc(C)n(-c2cc(N3CCN(c4ncccc4S(C)(=O)=O)CC3)nc(C)n2)n1. The minimum absolute atomic E-state index is 0.267. The average molecular weight is 428 g/mol. The number of nitrogens with zero attached hydrogens (tertiary/aromatic N) is 7. The summed E-state index contributed by atoms with van der Waals surface area (Å²) in [5.41, 5.74) is 1.96. The van der Waals surface area contributed by atoms with E-state index >= 15 is 0 Å². The molecule has 3 aromatic heterocycles. The fourth-order valence-corrected chi connectivity index (χ4v) is 4.56. The maximum absolute atomic E-state index is 12.1. The Bertz CT molecular complexity index is 1180. The molecule has 0 atom stereocenters. The molecule has 0 saturated carbocycles. The molecule has 0 spiro atoms. The van der Waals surface area contributed by atoms with E-state index in [9.17, 15) is 8.42 Å². The first-order valence-electron chi connectivity index (χ1n) is 9.76. The van der Waals surface area contributed by atoms with Crippen LogP contribution in [0.3, 0.4) is 0 Å². The monoisotopic (exact) mass is 427 g/mol. The number of sulfone groups is 1. The maximum Gasteiger partial charge on any atom is 0.179 e. The summed E-state index contributed by atoms with van der Waals surface area (Å²) in [5.74, 6) is 2.78. The number of anilines is 2. The standard InChI is InChI=1S/C20H25N7O2S/c1-14-12-15(2)27(24-14)19-13-18(22-16(3)23-19)25-8-10-26(11-9-25)20-17(30(4,28)29)6-5-7-21-20/h5-7,12-13H,8-11H2,1-4H3. The van der Waals surface area contributed by atoms with Gasteiger partial charge >= 0.3 is 0 Å². The third kappa shape index (κ3) is 4.00. The molecule has 0 unspecified atom stereocenters. The van der Waals surface area contributed by atoms with Gasteiger partial charge in [-0.3, -0.25) is 0 Å². The van der Waals surface area contributed by atoms with Crippen molar-refractivity contribution in [3.63, 3.8) is 0 Å². The molecule has 0 aromatic carbocycles. The second kappa shape index (κ2) is 7.67. The van der Waals surface area contributed by atoms with E-state index in [0.717, 1.165) is 23.0 Å². The van der Waals surface area contributed by atoms with E-state index in [1.165, 1.54) is 6.26 Å². The number of rotatable bonds is 4. The molecule has 1 fully saturated rings. The second-order valence-electron chi connectivity index (χ2n) is 7.54. The molecule has 4 rings (SSSR count). The summed E-state index contributed by atoms with van der Waals surface area (Å²) in [4.78, 5) is 18.0. The van der Waals surface area contributed by atoms with Crippen LogP contribution in [-0.2, 0) is 9.84 Å². The lowest BCUT2D eigenvalue weighted by molar-refractivity contribution is 0.597. The number of hydrogen-bond donors (Lipinski definition) is 0. The molecule has 1 saturated heterocycles. The minimum Gasteiger partial charge on any atom is -0.353 e. The summed E-state index contributed by atoms with van der Waals surface area (Å²) < 4.78 is 26.1. The van der Waals surface area contributed by atoms with Gasteiger partial charge in [-0.1, -0.05) is 0 Å². The van der Waals surface area contributed by atoms with Crippen LogP contribution >= 0.6 is 0 Å². The van der Waals surface area contributed by atoms with Gasteiger partial charge in [0.15, 0.2) is 15.7 Å². The molecule has 1 aliphatic heterocycles. The zero-order valence-corrected chi connectivity index (χ0v) is 18.4. The first-order chi connectivity index (χ1) is 14.2. The lowest BCUT2D eigenvalue weighted by Crippen LogP contribution is -2.47. The highest BCUT2D eigenvalue weighted by atomic mass is 32.2. The first-order valence-corrected chi connectivity index (χ1v) is 11.7. The Balaban J connectivity index is 1.56. The molecule has 158 valence electrons. The molecule has 30 heavy (non-hydrogen) atoms. The van der Waals surface area contributed by atoms with Crippen LogP contribution in [0.15, 0.2) is 35.4 Å². The van der Waals surface area contributed by atoms with Crippen LogP contribution < -0.4 is 9.80 Å². The predicted octanol–water partition coefficient (Wildman–Crippen LogP) is 1.71. The number of pyridine rings is 1. The average Bonchev–Trinajstić information content (AvgIpc) is 3.05. The third-order valence-corrected chi connectivity index (χ3v) is 6.21. The van der Waals surface area contributed by atoms with E-state index in [2.05, 4.69) is 25.0 Å². The molecule has 10 heteroatoms. The second-order valence-corrected chi connectivity index (χ2v) is 9.53. The van der Waals surface area contributed by atoms with E-state index < -0.39 is 9.84 Å². The van der Waals surface area contributed by atoms with Gasteiger partial charge in [-0.25, -0.2) is 28.1 Å². The lowest BCUT2D eigenvalue weighted by atomic mass is 10.3. The molecule has 0 N–H and O–H groups in total. The quantitative estimate of drug-likeness (QED) is 0.621. The summed E-state index contributed by atoms with van der Waals surface area (Å²) >= 11 is 0. The molecular weight excluding hydrogens is 402 g/mol. The van der Waals surface area contributed by atoms with Gasteiger partial charge in [-0.05, 0) is 39.0 Å². The molecule has 3 aromatic rings. The van der Waals surface area contributed by atoms with Crippen molar-refractivity contribution in [1.82, 2.24) is 24.7 Å². The zero-order valence-electron chi connectivity index (χ0n) is 17.6. The van der Waals surface area contributed by atoms with E-state index in [1.807, 2.05) is 42.5 Å². The van der Waals surface area contributed by atoms with Crippen molar-refractivity contribution >= 4 is 21.5 Å². The Kier molecular flexibility index (Phi) is 5.19. The van der Waals surface area contributed by atoms with Crippen LogP contribution in [0, 0.1) is 20.8 Å². The molecule has 4 heterocycles. The lowest BCUT2D eigenvalue weighted by Gasteiger charge is -2.36. The Labute approximate surface area is 176 Å². The van der Waals surface area contributed by atoms with Gasteiger partial charge in [-0.2, -0.15) is 5.10 Å². The van der Waals surface area contributed by atoms with Crippen LogP contribution in [0.2, 0.25) is 0 Å². The Morgan fingerprint density at radius 1 is 0.933 bits per heavy atom. The van der Waals surface area contributed by atoms with Gasteiger partial charge in [0.1, 0.15) is 22.4 Å². The van der Waals surface area contributed by atoms with Gasteiger partial charge < -0.3 is 9.80 Å². The van der Waals surface area contributed by atoms with Crippen molar-refractivity contribution in [2.75, 3.05) is 42.2 Å². The van der Waals surface area contributed by atoms with E-state index in [4.69, 9.17) is 0 Å². The van der Waals surface area contributed by atoms with Crippen LogP contribution in [-0.4, -0.2) is 65.6 Å². The normalized spacial score (nSPS) is 14.9. The van der Waals surface area contributed by atoms with E-state index in [1.54, 1.807) is 18.3 Å². The van der Waals surface area contributed by atoms with Crippen LogP contribution in [0.5, 0.6) is 0 Å². The fraction of sp³-hybridized carbons (Fsp3) is 0.400. The summed E-state index contributed by atoms with van der Waals surface area (Å²) in [6.07, 6.45) is 2.85. The summed E-state index contributed by atoms with van der Waals surface area (Å²) in [5, 5.41) is 4.53. The van der Waals surface area contributed by atoms with E-state index in [0.29, 0.717) is 37.8 Å². The molecular formula is C20H25N7O2S. The van der Waals surface area contributed by atoms with Gasteiger partial charge in [0, 0.05) is 50.4 Å². The van der Waals surface area contributed by atoms with Gasteiger partial charge in [-0.15, -0.1) is 0 Å². The molecule has 0 radical (unpaired) electrons. The number of piperazine rings is 1. The smallest absolute Gasteiger partial charge is 0.179 e. The molecule has 0 amide bonds. The Morgan fingerprint density at radius 2 is 1.60 bits per heavy atom. The largest absolute Gasteiger partial charge is 0.353 e. The maximum atomic E-state index is 12.1. The highest BCUT2D eigenvalue weighted by molar-refractivity contribution is 7.90. The van der Waals surface area contributed by atoms with Crippen molar-refractivity contribution in [3.05, 3.63) is 47.7 Å². The molecule has 1 aliphatic rings. The summed E-state index contributed by atoms with van der Waals surface area (Å²) in [6.45, 7) is 8.54. The third-order valence-electron chi connectivity index (χ3n) is 5.09. The summed E-state index contributed by atoms with van der Waals surface area (Å²) in [6, 6.07) is 7.23. The van der Waals surface area contributed by atoms with Crippen LogP contribution in [0.1, 0.15) is 17.2 Å². The highest BCUT2D eigenvalue weighted by Gasteiger charge is 2.24. The first kappa shape index (κ1) is 20.3. The van der Waals surface area contributed by atoms with Crippen molar-refractivity contribution in [1.29, 1.82) is 0 Å². The predicted molar refractivity (Wildman–Crippen MR) is 115 cm³/mol. The number of aromatic nitrogens is 5. The Hall–Kier alpha value is -3.01. The molecule has 9 nitrogen and oxygen atoms in total. The number of hydrogen-bond acceptors (Lipinski definition) is 8. The van der Waals surface area contributed by atoms with Crippen molar-refractivity contribution in [2.45, 2.75) is 25.7 Å². The van der Waals surface area contributed by atoms with Crippen molar-refractivity contribution in [2.24, 2.45) is 0 Å². The van der Waals surface area contributed by atoms with Gasteiger partial charge in [0.05, 0.1) is 5.69 Å². The Morgan fingerprint density at radius 3 is 2.23 bits per heavy atom. The molecule has 0 bridgehead atoms. The fourth-order valence-electron chi connectivity index (χ4n) is 3.72. The van der Waals surface area contributed by atoms with Gasteiger partial charge in [0.2, 0.25) is 0 Å². The molecule has 0 aliphatic carbocycles. The van der Waals surface area contributed by atoms with Crippen molar-refractivity contribution in [3.8, 4) is 5.82 Å². The highest BCUT2D eigenvalue weighted by Crippen LogP contribution is 2.25.